The summed E-state index contributed by atoms with van der Waals surface area (Å²) in [6, 6.07) is -0.860. The fourth-order valence-corrected chi connectivity index (χ4v) is 8.36. The molecule has 0 aromatic heterocycles. The highest BCUT2D eigenvalue weighted by Crippen LogP contribution is 2.36. The molecule has 0 spiro atoms. The van der Waals surface area contributed by atoms with Crippen LogP contribution >= 0.6 is 0 Å². The molecular formula is C40H77N3O10. The Morgan fingerprint density at radius 3 is 2.26 bits per heavy atom. The first-order chi connectivity index (χ1) is 24.7. The van der Waals surface area contributed by atoms with Crippen LogP contribution in [0.25, 0.3) is 0 Å². The monoisotopic (exact) mass is 760 g/mol. The first-order valence-electron chi connectivity index (χ1n) is 20.4. The van der Waals surface area contributed by atoms with Crippen LogP contribution < -0.4 is 5.32 Å². The number of cyclic esters (lactones) is 1. The second-order valence-electron chi connectivity index (χ2n) is 17.0. The predicted molar refractivity (Wildman–Crippen MR) is 205 cm³/mol. The molecule has 2 saturated heterocycles. The highest BCUT2D eigenvalue weighted by molar-refractivity contribution is 5.75. The van der Waals surface area contributed by atoms with Crippen LogP contribution in [0.1, 0.15) is 127 Å². The SMILES string of the molecule is CCCCCCCC(=O)NCCCN(C)[C@H]1C[C@@H](C)O[C@@H](O[C@@H]2[C@@H](C)[C@H](O)[C@@H](C)C(=O)O[C@H](CC)[C@@](C)(O)[C@H](O)[C@@H](C)N(C)C[C@H](C)C[C@@]2(C)O)[C@@H]1O. The zero-order valence-corrected chi connectivity index (χ0v) is 34.8. The van der Waals surface area contributed by atoms with Crippen molar-refractivity contribution in [3.8, 4) is 0 Å². The van der Waals surface area contributed by atoms with E-state index in [9.17, 15) is 35.1 Å². The van der Waals surface area contributed by atoms with Gasteiger partial charge >= 0.3 is 5.97 Å². The van der Waals surface area contributed by atoms with Gasteiger partial charge in [0.05, 0.1) is 29.8 Å². The largest absolute Gasteiger partial charge is 0.459 e. The zero-order valence-electron chi connectivity index (χ0n) is 34.8. The second kappa shape index (κ2) is 21.8. The molecule has 53 heavy (non-hydrogen) atoms. The van der Waals surface area contributed by atoms with Gasteiger partial charge in [0.25, 0.3) is 0 Å². The first kappa shape index (κ1) is 47.7. The van der Waals surface area contributed by atoms with Gasteiger partial charge in [0.2, 0.25) is 5.91 Å². The standard InChI is InChI=1S/C40H77N3O10/c1-12-14-15-16-17-19-32(44)41-20-18-21-42(10)30-22-26(4)51-38(34(30)46)53-36-27(5)33(45)28(6)37(48)52-31(13-2)40(9,50)35(47)29(7)43(11)24-25(3)23-39(36,8)49/h25-31,33-36,38,45-47,49-50H,12-24H2,1-11H3,(H,41,44)/t25-,26-,27+,28-,29-,30+,31-,33+,34-,35-,36-,38+,39-,40-/m1/s1. The summed E-state index contributed by atoms with van der Waals surface area (Å²) in [5, 5.41) is 61.3. The number of hydrogen-bond acceptors (Lipinski definition) is 12. The number of hydrogen-bond donors (Lipinski definition) is 6. The Kier molecular flexibility index (Phi) is 19.6. The Labute approximate surface area is 320 Å². The van der Waals surface area contributed by atoms with Crippen LogP contribution in [0.2, 0.25) is 0 Å². The Morgan fingerprint density at radius 1 is 1.00 bits per heavy atom. The zero-order chi connectivity index (χ0) is 40.3. The van der Waals surface area contributed by atoms with E-state index in [-0.39, 0.29) is 36.8 Å². The van der Waals surface area contributed by atoms with E-state index in [2.05, 4.69) is 17.1 Å². The summed E-state index contributed by atoms with van der Waals surface area (Å²) in [6.07, 6.45) is 0.485. The van der Waals surface area contributed by atoms with Crippen molar-refractivity contribution in [1.82, 2.24) is 15.1 Å². The molecule has 1 amide bonds. The number of likely N-dealkylation sites (N-methyl/N-ethyl adjacent to an activating group) is 2. The highest BCUT2D eigenvalue weighted by atomic mass is 16.7. The summed E-state index contributed by atoms with van der Waals surface area (Å²) in [6.45, 7) is 17.5. The Bertz CT molecular complexity index is 1090. The minimum Gasteiger partial charge on any atom is -0.459 e. The van der Waals surface area contributed by atoms with Gasteiger partial charge in [-0.05, 0) is 93.3 Å². The molecule has 14 atom stereocenters. The summed E-state index contributed by atoms with van der Waals surface area (Å²) >= 11 is 0. The van der Waals surface area contributed by atoms with Crippen LogP contribution in [0.15, 0.2) is 0 Å². The number of ether oxygens (including phenoxy) is 3. The molecule has 0 aromatic rings. The fraction of sp³-hybridized carbons (Fsp3) is 0.950. The van der Waals surface area contributed by atoms with Crippen molar-refractivity contribution in [2.24, 2.45) is 17.8 Å². The van der Waals surface area contributed by atoms with Gasteiger partial charge in [-0.15, -0.1) is 0 Å². The lowest BCUT2D eigenvalue weighted by Crippen LogP contribution is -2.59. The topological polar surface area (TPSA) is 181 Å². The van der Waals surface area contributed by atoms with E-state index in [0.717, 1.165) is 19.3 Å². The first-order valence-corrected chi connectivity index (χ1v) is 20.4. The number of nitrogens with one attached hydrogen (secondary N) is 1. The molecule has 0 saturated carbocycles. The Hall–Kier alpha value is -1.42. The van der Waals surface area contributed by atoms with Crippen molar-refractivity contribution < 1.29 is 49.3 Å². The summed E-state index contributed by atoms with van der Waals surface area (Å²) in [4.78, 5) is 29.7. The van der Waals surface area contributed by atoms with Crippen molar-refractivity contribution in [3.05, 3.63) is 0 Å². The van der Waals surface area contributed by atoms with Gasteiger partial charge in [0.1, 0.15) is 23.9 Å². The molecule has 2 aliphatic heterocycles. The van der Waals surface area contributed by atoms with E-state index in [4.69, 9.17) is 14.2 Å². The van der Waals surface area contributed by atoms with Crippen LogP contribution in [-0.2, 0) is 23.8 Å². The number of aliphatic hydroxyl groups is 5. The van der Waals surface area contributed by atoms with Crippen LogP contribution in [0, 0.1) is 17.8 Å². The minimum atomic E-state index is -1.77. The number of nitrogens with zero attached hydrogens (tertiary/aromatic N) is 2. The number of amides is 1. The third kappa shape index (κ3) is 13.6. The molecule has 6 N–H and O–H groups in total. The van der Waals surface area contributed by atoms with Crippen molar-refractivity contribution in [3.63, 3.8) is 0 Å². The average Bonchev–Trinajstić information content (AvgIpc) is 3.09. The third-order valence-electron chi connectivity index (χ3n) is 11.9. The molecular weight excluding hydrogens is 682 g/mol. The van der Waals surface area contributed by atoms with E-state index in [1.165, 1.54) is 26.7 Å². The van der Waals surface area contributed by atoms with Crippen LogP contribution in [0.4, 0.5) is 0 Å². The fourth-order valence-electron chi connectivity index (χ4n) is 8.36. The molecule has 312 valence electrons. The molecule has 13 nitrogen and oxygen atoms in total. The lowest BCUT2D eigenvalue weighted by Gasteiger charge is -2.47. The van der Waals surface area contributed by atoms with Crippen LogP contribution in [-0.4, -0.2) is 147 Å². The molecule has 0 radical (unpaired) electrons. The van der Waals surface area contributed by atoms with Crippen LogP contribution in [0.5, 0.6) is 0 Å². The maximum absolute atomic E-state index is 13.5. The van der Waals surface area contributed by atoms with E-state index in [1.54, 1.807) is 27.7 Å². The second-order valence-corrected chi connectivity index (χ2v) is 17.0. The number of carbonyl (C=O) groups is 2. The van der Waals surface area contributed by atoms with Crippen LogP contribution in [0.3, 0.4) is 0 Å². The van der Waals surface area contributed by atoms with Gasteiger partial charge in [0, 0.05) is 37.5 Å². The predicted octanol–water partition coefficient (Wildman–Crippen LogP) is 3.21. The summed E-state index contributed by atoms with van der Waals surface area (Å²) < 4.78 is 18.5. The van der Waals surface area contributed by atoms with Gasteiger partial charge in [-0.3, -0.25) is 9.59 Å². The van der Waals surface area contributed by atoms with E-state index in [1.807, 2.05) is 32.8 Å². The van der Waals surface area contributed by atoms with Gasteiger partial charge in [-0.1, -0.05) is 53.4 Å². The smallest absolute Gasteiger partial charge is 0.311 e. The number of aliphatic hydroxyl groups excluding tert-OH is 3. The number of esters is 1. The molecule has 2 aliphatic rings. The lowest BCUT2D eigenvalue weighted by molar-refractivity contribution is -0.299. The van der Waals surface area contributed by atoms with Gasteiger partial charge < -0.3 is 54.9 Å². The number of unbranched alkanes of at least 4 members (excludes halogenated alkanes) is 4. The average molecular weight is 760 g/mol. The van der Waals surface area contributed by atoms with Crippen molar-refractivity contribution in [2.45, 2.75) is 193 Å². The van der Waals surface area contributed by atoms with Crippen molar-refractivity contribution in [2.75, 3.05) is 33.7 Å². The lowest BCUT2D eigenvalue weighted by atomic mass is 9.78. The van der Waals surface area contributed by atoms with Gasteiger partial charge in [-0.2, -0.15) is 0 Å². The quantitative estimate of drug-likeness (QED) is 0.113. The third-order valence-corrected chi connectivity index (χ3v) is 11.9. The molecule has 2 fully saturated rings. The van der Waals surface area contributed by atoms with E-state index >= 15 is 0 Å². The summed E-state index contributed by atoms with van der Waals surface area (Å²) in [7, 11) is 3.76. The summed E-state index contributed by atoms with van der Waals surface area (Å²) in [5.74, 6) is -2.73. The molecule has 13 heteroatoms. The molecule has 2 heterocycles. The summed E-state index contributed by atoms with van der Waals surface area (Å²) in [5.41, 5.74) is -3.32. The number of carbonyl (C=O) groups excluding carboxylic acids is 2. The van der Waals surface area contributed by atoms with E-state index < -0.39 is 71.9 Å². The molecule has 0 aromatic carbocycles. The molecule has 0 bridgehead atoms. The maximum Gasteiger partial charge on any atom is 0.311 e. The Morgan fingerprint density at radius 2 is 1.64 bits per heavy atom. The van der Waals surface area contributed by atoms with Gasteiger partial charge in [-0.25, -0.2) is 0 Å². The number of rotatable bonds is 14. The maximum atomic E-state index is 13.5. The molecule has 0 unspecified atom stereocenters. The Balaban J connectivity index is 2.27. The molecule has 2 rings (SSSR count). The highest BCUT2D eigenvalue weighted by Gasteiger charge is 2.50. The van der Waals surface area contributed by atoms with Crippen molar-refractivity contribution in [1.29, 1.82) is 0 Å². The van der Waals surface area contributed by atoms with Crippen molar-refractivity contribution >= 4 is 11.9 Å². The van der Waals surface area contributed by atoms with Gasteiger partial charge in [0.15, 0.2) is 6.29 Å². The molecule has 0 aliphatic carbocycles. The normalized spacial score (nSPS) is 40.0. The minimum absolute atomic E-state index is 0.0622. The van der Waals surface area contributed by atoms with E-state index in [0.29, 0.717) is 38.9 Å².